The summed E-state index contributed by atoms with van der Waals surface area (Å²) in [6.45, 7) is 7.54. The number of ether oxygens (including phenoxy) is 1. The van der Waals surface area contributed by atoms with Crippen LogP contribution in [0.5, 0.6) is 0 Å². The monoisotopic (exact) mass is 198 g/mol. The number of hydrogen-bond acceptors (Lipinski definition) is 2. The van der Waals surface area contributed by atoms with Crippen LogP contribution in [0, 0.1) is 11.3 Å². The SMILES string of the molecule is CCC(C)(C)C1CCC(OC=O)CC1. The Labute approximate surface area is 87.0 Å². The molecule has 1 aliphatic carbocycles. The van der Waals surface area contributed by atoms with Crippen LogP contribution in [0.1, 0.15) is 52.9 Å². The number of carbonyl (C=O) groups is 1. The molecule has 2 nitrogen and oxygen atoms in total. The maximum Gasteiger partial charge on any atom is 0.293 e. The van der Waals surface area contributed by atoms with Crippen LogP contribution in [0.4, 0.5) is 0 Å². The van der Waals surface area contributed by atoms with E-state index in [1.807, 2.05) is 0 Å². The third-order valence-corrected chi connectivity index (χ3v) is 3.94. The zero-order chi connectivity index (χ0) is 10.6. The van der Waals surface area contributed by atoms with Gasteiger partial charge in [-0.3, -0.25) is 4.79 Å². The molecular formula is C12H22O2. The lowest BCUT2D eigenvalue weighted by molar-refractivity contribution is -0.135. The van der Waals surface area contributed by atoms with Crippen molar-refractivity contribution in [2.24, 2.45) is 11.3 Å². The average molecular weight is 198 g/mol. The Kier molecular flexibility index (Phi) is 3.97. The molecule has 0 unspecified atom stereocenters. The molecular weight excluding hydrogens is 176 g/mol. The van der Waals surface area contributed by atoms with E-state index in [0.29, 0.717) is 11.9 Å². The fourth-order valence-electron chi connectivity index (χ4n) is 2.35. The summed E-state index contributed by atoms with van der Waals surface area (Å²) in [7, 11) is 0. The van der Waals surface area contributed by atoms with Gasteiger partial charge in [-0.2, -0.15) is 0 Å². The van der Waals surface area contributed by atoms with Gasteiger partial charge in [0.15, 0.2) is 0 Å². The first-order valence-corrected chi connectivity index (χ1v) is 5.69. The highest BCUT2D eigenvalue weighted by Crippen LogP contribution is 2.40. The molecule has 1 aliphatic rings. The molecule has 14 heavy (non-hydrogen) atoms. The van der Waals surface area contributed by atoms with Gasteiger partial charge < -0.3 is 4.74 Å². The molecule has 0 amide bonds. The van der Waals surface area contributed by atoms with Gasteiger partial charge in [-0.05, 0) is 37.0 Å². The first kappa shape index (κ1) is 11.5. The fraction of sp³-hybridized carbons (Fsp3) is 0.917. The molecule has 0 aromatic heterocycles. The topological polar surface area (TPSA) is 26.3 Å². The normalized spacial score (nSPS) is 28.5. The van der Waals surface area contributed by atoms with Crippen LogP contribution in [-0.2, 0) is 9.53 Å². The van der Waals surface area contributed by atoms with Crippen molar-refractivity contribution in [1.82, 2.24) is 0 Å². The Morgan fingerprint density at radius 2 is 1.86 bits per heavy atom. The van der Waals surface area contributed by atoms with Gasteiger partial charge in [-0.15, -0.1) is 0 Å². The predicted molar refractivity (Wildman–Crippen MR) is 57.0 cm³/mol. The molecule has 0 spiro atoms. The van der Waals surface area contributed by atoms with Gasteiger partial charge in [0, 0.05) is 0 Å². The molecule has 0 aliphatic heterocycles. The summed E-state index contributed by atoms with van der Waals surface area (Å²) in [5, 5.41) is 0. The highest BCUT2D eigenvalue weighted by atomic mass is 16.5. The first-order valence-electron chi connectivity index (χ1n) is 5.69. The van der Waals surface area contributed by atoms with Gasteiger partial charge >= 0.3 is 0 Å². The first-order chi connectivity index (χ1) is 6.60. The van der Waals surface area contributed by atoms with Crippen LogP contribution in [-0.4, -0.2) is 12.6 Å². The Hall–Kier alpha value is -0.530. The van der Waals surface area contributed by atoms with Crippen LogP contribution < -0.4 is 0 Å². The largest absolute Gasteiger partial charge is 0.465 e. The van der Waals surface area contributed by atoms with Gasteiger partial charge in [0.25, 0.3) is 6.47 Å². The van der Waals surface area contributed by atoms with E-state index in [1.165, 1.54) is 19.3 Å². The second kappa shape index (κ2) is 4.81. The molecule has 0 atom stereocenters. The Bertz CT molecular complexity index is 179. The molecule has 82 valence electrons. The van der Waals surface area contributed by atoms with Crippen molar-refractivity contribution in [2.45, 2.75) is 59.0 Å². The third kappa shape index (κ3) is 2.73. The van der Waals surface area contributed by atoms with E-state index in [2.05, 4.69) is 20.8 Å². The van der Waals surface area contributed by atoms with Crippen molar-refractivity contribution in [3.63, 3.8) is 0 Å². The summed E-state index contributed by atoms with van der Waals surface area (Å²) in [6, 6.07) is 0. The van der Waals surface area contributed by atoms with E-state index in [1.54, 1.807) is 0 Å². The van der Waals surface area contributed by atoms with Crippen LogP contribution in [0.3, 0.4) is 0 Å². The smallest absolute Gasteiger partial charge is 0.293 e. The summed E-state index contributed by atoms with van der Waals surface area (Å²) >= 11 is 0. The van der Waals surface area contributed by atoms with E-state index < -0.39 is 0 Å². The molecule has 0 heterocycles. The Morgan fingerprint density at radius 3 is 2.29 bits per heavy atom. The van der Waals surface area contributed by atoms with Crippen LogP contribution in [0.25, 0.3) is 0 Å². The lowest BCUT2D eigenvalue weighted by Crippen LogP contribution is -2.30. The van der Waals surface area contributed by atoms with Crippen molar-refractivity contribution in [1.29, 1.82) is 0 Å². The number of carbonyl (C=O) groups excluding carboxylic acids is 1. The van der Waals surface area contributed by atoms with Crippen LogP contribution in [0.15, 0.2) is 0 Å². The summed E-state index contributed by atoms with van der Waals surface area (Å²) in [5.41, 5.74) is 0.451. The van der Waals surface area contributed by atoms with E-state index in [9.17, 15) is 4.79 Å². The van der Waals surface area contributed by atoms with E-state index >= 15 is 0 Å². The summed E-state index contributed by atoms with van der Waals surface area (Å²) in [5.74, 6) is 0.805. The highest BCUT2D eigenvalue weighted by molar-refractivity contribution is 5.37. The average Bonchev–Trinajstić information content (AvgIpc) is 2.19. The standard InChI is InChI=1S/C12H22O2/c1-4-12(2,3)10-5-7-11(8-6-10)14-9-13/h9-11H,4-8H2,1-3H3. The molecule has 0 saturated heterocycles. The van der Waals surface area contributed by atoms with Crippen molar-refractivity contribution >= 4 is 6.47 Å². The summed E-state index contributed by atoms with van der Waals surface area (Å²) in [4.78, 5) is 10.2. The highest BCUT2D eigenvalue weighted by Gasteiger charge is 2.32. The molecule has 2 heteroatoms. The van der Waals surface area contributed by atoms with Crippen molar-refractivity contribution in [3.8, 4) is 0 Å². The van der Waals surface area contributed by atoms with E-state index in [-0.39, 0.29) is 6.10 Å². The molecule has 1 saturated carbocycles. The molecule has 0 radical (unpaired) electrons. The summed E-state index contributed by atoms with van der Waals surface area (Å²) < 4.78 is 5.00. The second-order valence-electron chi connectivity index (χ2n) is 5.05. The lowest BCUT2D eigenvalue weighted by Gasteiger charge is -2.38. The van der Waals surface area contributed by atoms with Crippen molar-refractivity contribution < 1.29 is 9.53 Å². The quantitative estimate of drug-likeness (QED) is 0.649. The molecule has 0 aromatic carbocycles. The van der Waals surface area contributed by atoms with Crippen LogP contribution in [0.2, 0.25) is 0 Å². The summed E-state index contributed by atoms with van der Waals surface area (Å²) in [6.07, 6.45) is 5.94. The maximum atomic E-state index is 10.2. The van der Waals surface area contributed by atoms with Gasteiger partial charge in [-0.1, -0.05) is 27.2 Å². The minimum atomic E-state index is 0.191. The van der Waals surface area contributed by atoms with Gasteiger partial charge in [0.05, 0.1) is 0 Å². The zero-order valence-corrected chi connectivity index (χ0v) is 9.58. The number of hydrogen-bond donors (Lipinski definition) is 0. The number of rotatable bonds is 4. The van der Waals surface area contributed by atoms with Gasteiger partial charge in [-0.25, -0.2) is 0 Å². The minimum Gasteiger partial charge on any atom is -0.465 e. The van der Waals surface area contributed by atoms with Crippen molar-refractivity contribution in [2.75, 3.05) is 0 Å². The van der Waals surface area contributed by atoms with E-state index in [4.69, 9.17) is 4.74 Å². The van der Waals surface area contributed by atoms with E-state index in [0.717, 1.165) is 18.8 Å². The maximum absolute atomic E-state index is 10.2. The Morgan fingerprint density at radius 1 is 1.29 bits per heavy atom. The zero-order valence-electron chi connectivity index (χ0n) is 9.58. The predicted octanol–water partition coefficient (Wildman–Crippen LogP) is 3.15. The third-order valence-electron chi connectivity index (χ3n) is 3.94. The molecule has 1 fully saturated rings. The van der Waals surface area contributed by atoms with Gasteiger partial charge in [0.2, 0.25) is 0 Å². The fourth-order valence-corrected chi connectivity index (χ4v) is 2.35. The molecule has 0 N–H and O–H groups in total. The van der Waals surface area contributed by atoms with Crippen molar-refractivity contribution in [3.05, 3.63) is 0 Å². The Balaban J connectivity index is 2.38. The van der Waals surface area contributed by atoms with Crippen LogP contribution >= 0.6 is 0 Å². The molecule has 1 rings (SSSR count). The second-order valence-corrected chi connectivity index (χ2v) is 5.05. The van der Waals surface area contributed by atoms with Gasteiger partial charge in [0.1, 0.15) is 6.10 Å². The lowest BCUT2D eigenvalue weighted by atomic mass is 9.69. The molecule has 0 bridgehead atoms. The minimum absolute atomic E-state index is 0.191. The molecule has 0 aromatic rings.